The van der Waals surface area contributed by atoms with Gasteiger partial charge in [-0.05, 0) is 36.6 Å². The molecule has 0 aliphatic heterocycles. The topological polar surface area (TPSA) is 37.4 Å². The molecule has 0 aliphatic rings. The molecule has 0 saturated carbocycles. The Morgan fingerprint density at radius 3 is 2.30 bits per heavy atom. The van der Waals surface area contributed by atoms with Gasteiger partial charge in [0.25, 0.3) is 10.0 Å². The van der Waals surface area contributed by atoms with Gasteiger partial charge in [0.05, 0.1) is 11.4 Å². The van der Waals surface area contributed by atoms with E-state index in [4.69, 9.17) is 6.42 Å². The first-order valence-electron chi connectivity index (χ1n) is 7.22. The molecule has 2 aromatic rings. The first-order chi connectivity index (χ1) is 11.0. The molecule has 0 unspecified atom stereocenters. The standard InChI is InChI=1S/C19H19NO2S/c1-4-8-17-9-6-7-10-18(17)15-20(5-2)23(21,22)19-13-11-16(3)12-14-19/h2,4,6-7,9-14H,1,8,15H2,3H3. The van der Waals surface area contributed by atoms with E-state index >= 15 is 0 Å². The smallest absolute Gasteiger partial charge is 0.220 e. The van der Waals surface area contributed by atoms with Crippen molar-refractivity contribution in [3.8, 4) is 12.5 Å². The summed E-state index contributed by atoms with van der Waals surface area (Å²) in [5, 5.41) is 0. The quantitative estimate of drug-likeness (QED) is 0.463. The number of benzene rings is 2. The summed E-state index contributed by atoms with van der Waals surface area (Å²) >= 11 is 0. The van der Waals surface area contributed by atoms with E-state index in [-0.39, 0.29) is 11.4 Å². The fourth-order valence-corrected chi connectivity index (χ4v) is 3.44. The number of sulfonamides is 1. The molecule has 0 radical (unpaired) electrons. The zero-order valence-electron chi connectivity index (χ0n) is 13.1. The summed E-state index contributed by atoms with van der Waals surface area (Å²) in [5.74, 6) is 0. The second-order valence-electron chi connectivity index (χ2n) is 5.22. The van der Waals surface area contributed by atoms with Crippen molar-refractivity contribution in [2.75, 3.05) is 0 Å². The largest absolute Gasteiger partial charge is 0.271 e. The molecule has 2 aromatic carbocycles. The van der Waals surface area contributed by atoms with Gasteiger partial charge in [0.15, 0.2) is 0 Å². The van der Waals surface area contributed by atoms with Crippen molar-refractivity contribution >= 4 is 10.0 Å². The Morgan fingerprint density at radius 1 is 1.13 bits per heavy atom. The zero-order valence-corrected chi connectivity index (χ0v) is 13.9. The van der Waals surface area contributed by atoms with Crippen LogP contribution < -0.4 is 0 Å². The maximum Gasteiger partial charge on any atom is 0.271 e. The molecule has 4 heteroatoms. The van der Waals surface area contributed by atoms with E-state index in [0.29, 0.717) is 6.42 Å². The van der Waals surface area contributed by atoms with Gasteiger partial charge in [-0.1, -0.05) is 54.5 Å². The molecular weight excluding hydrogens is 306 g/mol. The Kier molecular flexibility index (Phi) is 5.25. The molecule has 0 aromatic heterocycles. The van der Waals surface area contributed by atoms with Crippen LogP contribution in [0.4, 0.5) is 0 Å². The summed E-state index contributed by atoms with van der Waals surface area (Å²) in [6, 6.07) is 16.6. The van der Waals surface area contributed by atoms with E-state index in [2.05, 4.69) is 12.6 Å². The molecular formula is C19H19NO2S. The lowest BCUT2D eigenvalue weighted by atomic mass is 10.0. The second-order valence-corrected chi connectivity index (χ2v) is 7.08. The van der Waals surface area contributed by atoms with Crippen molar-refractivity contribution in [2.24, 2.45) is 0 Å². The van der Waals surface area contributed by atoms with Crippen molar-refractivity contribution < 1.29 is 8.42 Å². The van der Waals surface area contributed by atoms with Crippen LogP contribution in [0, 0.1) is 19.4 Å². The molecule has 0 saturated heterocycles. The zero-order chi connectivity index (χ0) is 16.9. The fraction of sp³-hybridized carbons (Fsp3) is 0.158. The molecule has 3 nitrogen and oxygen atoms in total. The molecule has 0 atom stereocenters. The van der Waals surface area contributed by atoms with Crippen LogP contribution in [-0.2, 0) is 23.0 Å². The molecule has 0 N–H and O–H groups in total. The van der Waals surface area contributed by atoms with Crippen molar-refractivity contribution in [3.05, 3.63) is 77.9 Å². The second kappa shape index (κ2) is 7.17. The lowest BCUT2D eigenvalue weighted by molar-refractivity contribution is 0.508. The summed E-state index contributed by atoms with van der Waals surface area (Å²) in [6.45, 7) is 5.77. The number of terminal acetylenes is 1. The highest BCUT2D eigenvalue weighted by molar-refractivity contribution is 7.89. The third-order valence-electron chi connectivity index (χ3n) is 3.55. The van der Waals surface area contributed by atoms with E-state index in [9.17, 15) is 8.42 Å². The van der Waals surface area contributed by atoms with Crippen LogP contribution in [0.25, 0.3) is 0 Å². The Morgan fingerprint density at radius 2 is 1.74 bits per heavy atom. The molecule has 0 fully saturated rings. The minimum absolute atomic E-state index is 0.136. The lowest BCUT2D eigenvalue weighted by Gasteiger charge is -2.19. The van der Waals surface area contributed by atoms with Gasteiger partial charge < -0.3 is 0 Å². The Hall–Kier alpha value is -2.51. The first kappa shape index (κ1) is 16.9. The van der Waals surface area contributed by atoms with Crippen LogP contribution in [0.1, 0.15) is 16.7 Å². The van der Waals surface area contributed by atoms with Crippen molar-refractivity contribution in [2.45, 2.75) is 24.8 Å². The molecule has 23 heavy (non-hydrogen) atoms. The number of rotatable bonds is 6. The van der Waals surface area contributed by atoms with Gasteiger partial charge in [0.1, 0.15) is 0 Å². The molecule has 0 aliphatic carbocycles. The van der Waals surface area contributed by atoms with Crippen molar-refractivity contribution in [1.29, 1.82) is 0 Å². The number of aryl methyl sites for hydroxylation is 1. The predicted octanol–water partition coefficient (Wildman–Crippen LogP) is 3.51. The summed E-state index contributed by atoms with van der Waals surface area (Å²) in [7, 11) is -3.73. The summed E-state index contributed by atoms with van der Waals surface area (Å²) < 4.78 is 26.5. The minimum atomic E-state index is -3.73. The van der Waals surface area contributed by atoms with Gasteiger partial charge >= 0.3 is 0 Å². The average molecular weight is 325 g/mol. The van der Waals surface area contributed by atoms with Crippen LogP contribution in [0.2, 0.25) is 0 Å². The maximum absolute atomic E-state index is 12.7. The van der Waals surface area contributed by atoms with Gasteiger partial charge in [-0.15, -0.1) is 6.58 Å². The monoisotopic (exact) mass is 325 g/mol. The van der Waals surface area contributed by atoms with Crippen LogP contribution >= 0.6 is 0 Å². The van der Waals surface area contributed by atoms with E-state index < -0.39 is 10.0 Å². The molecule has 0 spiro atoms. The number of nitrogens with zero attached hydrogens (tertiary/aromatic N) is 1. The van der Waals surface area contributed by atoms with Crippen LogP contribution in [0.5, 0.6) is 0 Å². The summed E-state index contributed by atoms with van der Waals surface area (Å²) in [4.78, 5) is 0.197. The van der Waals surface area contributed by atoms with Crippen molar-refractivity contribution in [1.82, 2.24) is 4.31 Å². The normalized spacial score (nSPS) is 10.8. The fourth-order valence-electron chi connectivity index (χ4n) is 2.26. The molecule has 0 amide bonds. The Balaban J connectivity index is 2.35. The molecule has 2 rings (SSSR count). The summed E-state index contributed by atoms with van der Waals surface area (Å²) in [5.41, 5.74) is 2.88. The minimum Gasteiger partial charge on any atom is -0.220 e. The summed E-state index contributed by atoms with van der Waals surface area (Å²) in [6.07, 6.45) is 7.93. The van der Waals surface area contributed by atoms with Gasteiger partial charge in [-0.3, -0.25) is 0 Å². The molecule has 0 bridgehead atoms. The van der Waals surface area contributed by atoms with Crippen LogP contribution in [0.3, 0.4) is 0 Å². The SMILES string of the molecule is C#CN(Cc1ccccc1CC=C)S(=O)(=O)c1ccc(C)cc1. The van der Waals surface area contributed by atoms with Gasteiger partial charge in [0, 0.05) is 6.04 Å². The van der Waals surface area contributed by atoms with E-state index in [1.165, 1.54) is 0 Å². The van der Waals surface area contributed by atoms with Crippen LogP contribution in [0.15, 0.2) is 66.1 Å². The average Bonchev–Trinajstić information content (AvgIpc) is 2.54. The first-order valence-corrected chi connectivity index (χ1v) is 8.66. The molecule has 0 heterocycles. The van der Waals surface area contributed by atoms with E-state index in [0.717, 1.165) is 21.0 Å². The van der Waals surface area contributed by atoms with Gasteiger partial charge in [-0.2, -0.15) is 0 Å². The Bertz CT molecular complexity index is 830. The van der Waals surface area contributed by atoms with Crippen molar-refractivity contribution in [3.63, 3.8) is 0 Å². The third-order valence-corrected chi connectivity index (χ3v) is 5.23. The number of hydrogen-bond acceptors (Lipinski definition) is 2. The van der Waals surface area contributed by atoms with Gasteiger partial charge in [-0.25, -0.2) is 12.7 Å². The predicted molar refractivity (Wildman–Crippen MR) is 93.1 cm³/mol. The third kappa shape index (κ3) is 3.82. The Labute approximate surface area is 138 Å². The lowest BCUT2D eigenvalue weighted by Crippen LogP contribution is -2.26. The highest BCUT2D eigenvalue weighted by Crippen LogP contribution is 2.20. The van der Waals surface area contributed by atoms with Gasteiger partial charge in [0.2, 0.25) is 0 Å². The maximum atomic E-state index is 12.7. The highest BCUT2D eigenvalue weighted by Gasteiger charge is 2.22. The number of allylic oxidation sites excluding steroid dienone is 1. The molecule has 118 valence electrons. The number of hydrogen-bond donors (Lipinski definition) is 0. The van der Waals surface area contributed by atoms with Crippen LogP contribution in [-0.4, -0.2) is 12.7 Å². The van der Waals surface area contributed by atoms with E-state index in [1.54, 1.807) is 30.3 Å². The highest BCUT2D eigenvalue weighted by atomic mass is 32.2. The van der Waals surface area contributed by atoms with E-state index in [1.807, 2.05) is 31.2 Å².